The molecule has 1 aromatic carbocycles. The van der Waals surface area contributed by atoms with Gasteiger partial charge in [0, 0.05) is 6.20 Å². The summed E-state index contributed by atoms with van der Waals surface area (Å²) in [7, 11) is -3.89. The van der Waals surface area contributed by atoms with Crippen LogP contribution in [-0.4, -0.2) is 24.5 Å². The summed E-state index contributed by atoms with van der Waals surface area (Å²) in [6.07, 6.45) is 1.03. The first-order chi connectivity index (χ1) is 9.38. The minimum absolute atomic E-state index is 0.0284. The normalized spacial score (nSPS) is 11.1. The molecule has 0 atom stereocenters. The van der Waals surface area contributed by atoms with E-state index in [2.05, 4.69) is 9.71 Å². The largest absolute Gasteiger partial charge is 0.478 e. The Bertz CT molecular complexity index is 727. The topological polar surface area (TPSA) is 96.4 Å². The van der Waals surface area contributed by atoms with E-state index in [4.69, 9.17) is 5.11 Å². The van der Waals surface area contributed by atoms with Gasteiger partial charge in [0.15, 0.2) is 0 Å². The van der Waals surface area contributed by atoms with Crippen LogP contribution in [0.15, 0.2) is 47.5 Å². The van der Waals surface area contributed by atoms with Gasteiger partial charge in [0.05, 0.1) is 10.5 Å². The second-order valence-corrected chi connectivity index (χ2v) is 5.48. The number of hydrogen-bond acceptors (Lipinski definition) is 4. The van der Waals surface area contributed by atoms with Gasteiger partial charge in [-0.25, -0.2) is 22.6 Å². The van der Waals surface area contributed by atoms with Crippen LogP contribution in [-0.2, 0) is 10.0 Å². The third-order valence-corrected chi connectivity index (χ3v) is 3.74. The third-order valence-electron chi connectivity index (χ3n) is 2.37. The minimum Gasteiger partial charge on any atom is -0.478 e. The van der Waals surface area contributed by atoms with Crippen LogP contribution < -0.4 is 4.72 Å². The van der Waals surface area contributed by atoms with Gasteiger partial charge in [-0.05, 0) is 36.4 Å². The van der Waals surface area contributed by atoms with Crippen LogP contribution in [0.5, 0.6) is 0 Å². The molecule has 0 fully saturated rings. The summed E-state index contributed by atoms with van der Waals surface area (Å²) < 4.78 is 38.8. The number of carboxylic acid groups (broad SMARTS) is 1. The second kappa shape index (κ2) is 5.25. The number of carbonyl (C=O) groups is 1. The Morgan fingerprint density at radius 1 is 1.15 bits per heavy atom. The van der Waals surface area contributed by atoms with Crippen molar-refractivity contribution in [3.05, 3.63) is 54.0 Å². The van der Waals surface area contributed by atoms with E-state index in [-0.39, 0.29) is 16.3 Å². The van der Waals surface area contributed by atoms with Crippen LogP contribution in [0.2, 0.25) is 0 Å². The van der Waals surface area contributed by atoms with Crippen LogP contribution >= 0.6 is 0 Å². The number of rotatable bonds is 4. The summed E-state index contributed by atoms with van der Waals surface area (Å²) in [4.78, 5) is 14.2. The van der Waals surface area contributed by atoms with Gasteiger partial charge in [-0.1, -0.05) is 0 Å². The van der Waals surface area contributed by atoms with Crippen molar-refractivity contribution >= 4 is 21.8 Å². The Kier molecular flexibility index (Phi) is 3.66. The van der Waals surface area contributed by atoms with E-state index < -0.39 is 21.8 Å². The van der Waals surface area contributed by atoms with Crippen LogP contribution in [0.4, 0.5) is 10.2 Å². The zero-order valence-corrected chi connectivity index (χ0v) is 10.8. The molecule has 0 spiro atoms. The summed E-state index contributed by atoms with van der Waals surface area (Å²) in [5.74, 6) is -1.74. The van der Waals surface area contributed by atoms with E-state index in [1.165, 1.54) is 12.1 Å². The Morgan fingerprint density at radius 3 is 2.30 bits per heavy atom. The maximum Gasteiger partial charge on any atom is 0.337 e. The number of anilines is 1. The lowest BCUT2D eigenvalue weighted by Gasteiger charge is -2.07. The van der Waals surface area contributed by atoms with Crippen LogP contribution in [0.25, 0.3) is 0 Å². The number of halogens is 1. The van der Waals surface area contributed by atoms with E-state index in [0.717, 1.165) is 30.5 Å². The number of benzene rings is 1. The molecule has 0 aliphatic rings. The Balaban J connectivity index is 2.24. The standard InChI is InChI=1S/C12H9FN2O4S/c13-9-2-4-10(5-3-9)20(18,19)15-11-6-1-8(7-14-11)12(16)17/h1-7H,(H,14,15)(H,16,17). The molecular formula is C12H9FN2O4S. The molecule has 0 aliphatic heterocycles. The summed E-state index contributed by atoms with van der Waals surface area (Å²) in [5.41, 5.74) is -0.0604. The average Bonchev–Trinajstić information content (AvgIpc) is 2.39. The molecule has 0 saturated heterocycles. The van der Waals surface area contributed by atoms with E-state index in [0.29, 0.717) is 0 Å². The Morgan fingerprint density at radius 2 is 1.80 bits per heavy atom. The molecule has 2 aromatic rings. The number of carboxylic acids is 1. The molecule has 0 bridgehead atoms. The fourth-order valence-electron chi connectivity index (χ4n) is 1.39. The average molecular weight is 296 g/mol. The van der Waals surface area contributed by atoms with Crippen molar-refractivity contribution in [3.8, 4) is 0 Å². The lowest BCUT2D eigenvalue weighted by atomic mass is 10.3. The molecule has 104 valence electrons. The van der Waals surface area contributed by atoms with Gasteiger partial charge in [-0.2, -0.15) is 0 Å². The highest BCUT2D eigenvalue weighted by Crippen LogP contribution is 2.15. The van der Waals surface area contributed by atoms with Crippen LogP contribution in [0, 0.1) is 5.82 Å². The molecule has 0 radical (unpaired) electrons. The maximum absolute atomic E-state index is 12.7. The zero-order chi connectivity index (χ0) is 14.8. The predicted octanol–water partition coefficient (Wildman–Crippen LogP) is 1.72. The van der Waals surface area contributed by atoms with Gasteiger partial charge >= 0.3 is 5.97 Å². The number of aromatic nitrogens is 1. The fraction of sp³-hybridized carbons (Fsp3) is 0. The smallest absolute Gasteiger partial charge is 0.337 e. The highest BCUT2D eigenvalue weighted by atomic mass is 32.2. The van der Waals surface area contributed by atoms with Crippen molar-refractivity contribution in [1.82, 2.24) is 4.98 Å². The molecule has 6 nitrogen and oxygen atoms in total. The molecule has 0 saturated carbocycles. The van der Waals surface area contributed by atoms with E-state index in [1.807, 2.05) is 0 Å². The van der Waals surface area contributed by atoms with Crippen molar-refractivity contribution in [3.63, 3.8) is 0 Å². The molecule has 2 N–H and O–H groups in total. The molecule has 0 unspecified atom stereocenters. The van der Waals surface area contributed by atoms with Gasteiger partial charge in [0.2, 0.25) is 0 Å². The second-order valence-electron chi connectivity index (χ2n) is 3.80. The number of aromatic carboxylic acids is 1. The predicted molar refractivity (Wildman–Crippen MR) is 68.4 cm³/mol. The summed E-state index contributed by atoms with van der Waals surface area (Å²) >= 11 is 0. The fourth-order valence-corrected chi connectivity index (χ4v) is 2.40. The summed E-state index contributed by atoms with van der Waals surface area (Å²) in [6, 6.07) is 6.72. The van der Waals surface area contributed by atoms with Gasteiger partial charge in [0.1, 0.15) is 11.6 Å². The van der Waals surface area contributed by atoms with Gasteiger partial charge in [-0.3, -0.25) is 4.72 Å². The van der Waals surface area contributed by atoms with Crippen molar-refractivity contribution in [2.75, 3.05) is 4.72 Å². The van der Waals surface area contributed by atoms with E-state index >= 15 is 0 Å². The highest BCUT2D eigenvalue weighted by Gasteiger charge is 2.15. The number of nitrogens with zero attached hydrogens (tertiary/aromatic N) is 1. The van der Waals surface area contributed by atoms with Crippen molar-refractivity contribution in [1.29, 1.82) is 0 Å². The summed E-state index contributed by atoms with van der Waals surface area (Å²) in [6.45, 7) is 0. The van der Waals surface area contributed by atoms with Gasteiger partial charge in [-0.15, -0.1) is 0 Å². The lowest BCUT2D eigenvalue weighted by molar-refractivity contribution is 0.0696. The number of pyridine rings is 1. The molecule has 8 heteroatoms. The molecule has 20 heavy (non-hydrogen) atoms. The monoisotopic (exact) mass is 296 g/mol. The molecule has 1 heterocycles. The first-order valence-electron chi connectivity index (χ1n) is 5.36. The Labute approximate surface area is 114 Å². The van der Waals surface area contributed by atoms with Gasteiger partial charge < -0.3 is 5.11 Å². The lowest BCUT2D eigenvalue weighted by Crippen LogP contribution is -2.14. The molecule has 0 aliphatic carbocycles. The Hall–Kier alpha value is -2.48. The zero-order valence-electron chi connectivity index (χ0n) is 9.95. The van der Waals surface area contributed by atoms with Crippen LogP contribution in [0.3, 0.4) is 0 Å². The first-order valence-corrected chi connectivity index (χ1v) is 6.84. The van der Waals surface area contributed by atoms with Crippen molar-refractivity contribution in [2.24, 2.45) is 0 Å². The van der Waals surface area contributed by atoms with Gasteiger partial charge in [0.25, 0.3) is 10.0 Å². The van der Waals surface area contributed by atoms with E-state index in [1.54, 1.807) is 0 Å². The van der Waals surface area contributed by atoms with E-state index in [9.17, 15) is 17.6 Å². The molecule has 0 amide bonds. The SMILES string of the molecule is O=C(O)c1ccc(NS(=O)(=O)c2ccc(F)cc2)nc1. The number of hydrogen-bond donors (Lipinski definition) is 2. The molecule has 1 aromatic heterocycles. The number of nitrogens with one attached hydrogen (secondary N) is 1. The van der Waals surface area contributed by atoms with Crippen molar-refractivity contribution in [2.45, 2.75) is 4.90 Å². The molecule has 2 rings (SSSR count). The first kappa shape index (κ1) is 13.9. The minimum atomic E-state index is -3.89. The molecular weight excluding hydrogens is 287 g/mol. The maximum atomic E-state index is 12.7. The quantitative estimate of drug-likeness (QED) is 0.895. The third kappa shape index (κ3) is 3.09. The highest BCUT2D eigenvalue weighted by molar-refractivity contribution is 7.92. The van der Waals surface area contributed by atoms with Crippen LogP contribution in [0.1, 0.15) is 10.4 Å². The van der Waals surface area contributed by atoms with Crippen molar-refractivity contribution < 1.29 is 22.7 Å². The summed E-state index contributed by atoms with van der Waals surface area (Å²) in [5, 5.41) is 8.70. The number of sulfonamides is 1.